The fourth-order valence-corrected chi connectivity index (χ4v) is 5.34. The fraction of sp³-hybridized carbons (Fsp3) is 0.273. The van der Waals surface area contributed by atoms with Crippen molar-refractivity contribution in [1.82, 2.24) is 19.0 Å². The average Bonchev–Trinajstić information content (AvgIpc) is 3.08. The second kappa shape index (κ2) is 8.24. The van der Waals surface area contributed by atoms with Crippen LogP contribution in [0, 0.1) is 19.7 Å². The summed E-state index contributed by atoms with van der Waals surface area (Å²) < 4.78 is 42.6. The van der Waals surface area contributed by atoms with Crippen molar-refractivity contribution in [2.75, 3.05) is 26.2 Å². The quantitative estimate of drug-likeness (QED) is 0.623. The minimum atomic E-state index is -3.95. The maximum absolute atomic E-state index is 14.0. The third kappa shape index (κ3) is 3.86. The van der Waals surface area contributed by atoms with E-state index in [0.29, 0.717) is 11.3 Å². The Morgan fingerprint density at radius 3 is 2.19 bits per heavy atom. The van der Waals surface area contributed by atoms with Crippen LogP contribution in [0.3, 0.4) is 0 Å². The molecule has 0 saturated carbocycles. The van der Waals surface area contributed by atoms with Gasteiger partial charge in [0.2, 0.25) is 10.0 Å². The molecule has 0 unspecified atom stereocenters. The molecule has 0 N–H and O–H groups in total. The molecule has 1 amide bonds. The summed E-state index contributed by atoms with van der Waals surface area (Å²) in [6, 6.07) is 14.9. The van der Waals surface area contributed by atoms with Gasteiger partial charge in [0, 0.05) is 26.2 Å². The van der Waals surface area contributed by atoms with Crippen molar-refractivity contribution in [3.8, 4) is 5.69 Å². The lowest BCUT2D eigenvalue weighted by Gasteiger charge is -2.34. The third-order valence-electron chi connectivity index (χ3n) is 5.49. The summed E-state index contributed by atoms with van der Waals surface area (Å²) in [7, 11) is -3.95. The molecule has 9 heteroatoms. The first-order valence-corrected chi connectivity index (χ1v) is 11.4. The van der Waals surface area contributed by atoms with Gasteiger partial charge in [-0.05, 0) is 38.1 Å². The van der Waals surface area contributed by atoms with Crippen molar-refractivity contribution in [3.05, 3.63) is 77.4 Å². The molecule has 0 spiro atoms. The van der Waals surface area contributed by atoms with Gasteiger partial charge in [-0.3, -0.25) is 4.79 Å². The average molecular weight is 443 g/mol. The zero-order chi connectivity index (χ0) is 22.2. The van der Waals surface area contributed by atoms with Crippen molar-refractivity contribution in [2.24, 2.45) is 0 Å². The lowest BCUT2D eigenvalue weighted by Crippen LogP contribution is -2.50. The number of hydrogen-bond acceptors (Lipinski definition) is 4. The van der Waals surface area contributed by atoms with Gasteiger partial charge in [-0.1, -0.05) is 30.3 Å². The van der Waals surface area contributed by atoms with Crippen LogP contribution in [0.4, 0.5) is 4.39 Å². The van der Waals surface area contributed by atoms with Gasteiger partial charge in [-0.2, -0.15) is 9.40 Å². The molecule has 3 aromatic rings. The van der Waals surface area contributed by atoms with Crippen molar-refractivity contribution < 1.29 is 17.6 Å². The summed E-state index contributed by atoms with van der Waals surface area (Å²) in [4.78, 5) is 14.5. The zero-order valence-corrected chi connectivity index (χ0v) is 18.1. The number of rotatable bonds is 4. The van der Waals surface area contributed by atoms with E-state index in [-0.39, 0.29) is 37.0 Å². The summed E-state index contributed by atoms with van der Waals surface area (Å²) in [5.41, 5.74) is 2.74. The van der Waals surface area contributed by atoms with Crippen LogP contribution in [0.5, 0.6) is 0 Å². The molecule has 0 radical (unpaired) electrons. The van der Waals surface area contributed by atoms with Crippen molar-refractivity contribution in [3.63, 3.8) is 0 Å². The van der Waals surface area contributed by atoms with Crippen LogP contribution in [0.1, 0.15) is 21.7 Å². The van der Waals surface area contributed by atoms with Crippen LogP contribution in [-0.4, -0.2) is 59.5 Å². The largest absolute Gasteiger partial charge is 0.336 e. The van der Waals surface area contributed by atoms with E-state index in [0.717, 1.165) is 17.4 Å². The van der Waals surface area contributed by atoms with Gasteiger partial charge < -0.3 is 4.90 Å². The van der Waals surface area contributed by atoms with Crippen molar-refractivity contribution >= 4 is 15.9 Å². The van der Waals surface area contributed by atoms with E-state index >= 15 is 0 Å². The number of aryl methyl sites for hydroxylation is 1. The number of para-hydroxylation sites is 1. The molecule has 1 saturated heterocycles. The Bertz CT molecular complexity index is 1220. The van der Waals surface area contributed by atoms with E-state index < -0.39 is 15.8 Å². The fourth-order valence-electron chi connectivity index (χ4n) is 3.86. The van der Waals surface area contributed by atoms with E-state index in [4.69, 9.17) is 0 Å². The molecule has 0 atom stereocenters. The first-order valence-electron chi connectivity index (χ1n) is 9.96. The highest BCUT2D eigenvalue weighted by molar-refractivity contribution is 7.89. The summed E-state index contributed by atoms with van der Waals surface area (Å²) >= 11 is 0. The highest BCUT2D eigenvalue weighted by Crippen LogP contribution is 2.23. The predicted molar refractivity (Wildman–Crippen MR) is 114 cm³/mol. The maximum Gasteiger partial charge on any atom is 0.257 e. The minimum Gasteiger partial charge on any atom is -0.336 e. The maximum atomic E-state index is 14.0. The SMILES string of the molecule is Cc1nn(-c2ccccc2)c(C)c1C(=O)N1CCN(S(=O)(=O)c2ccccc2F)CC1. The Balaban J connectivity index is 1.52. The van der Waals surface area contributed by atoms with Crippen LogP contribution in [0.15, 0.2) is 59.5 Å². The number of sulfonamides is 1. The van der Waals surface area contributed by atoms with Crippen LogP contribution < -0.4 is 0 Å². The number of aromatic nitrogens is 2. The molecular weight excluding hydrogens is 419 g/mol. The Hall–Kier alpha value is -3.04. The van der Waals surface area contributed by atoms with E-state index in [2.05, 4.69) is 5.10 Å². The standard InChI is InChI=1S/C22H23FN4O3S/c1-16-21(17(2)27(24-16)18-8-4-3-5-9-18)22(28)25-12-14-26(15-13-25)31(29,30)20-11-7-6-10-19(20)23/h3-11H,12-15H2,1-2H3. The van der Waals surface area contributed by atoms with E-state index in [1.165, 1.54) is 22.5 Å². The number of carbonyl (C=O) groups excluding carboxylic acids is 1. The molecule has 1 aliphatic heterocycles. The Labute approximate surface area is 180 Å². The minimum absolute atomic E-state index is 0.104. The second-order valence-corrected chi connectivity index (χ2v) is 9.33. The number of benzene rings is 2. The molecule has 4 rings (SSSR count). The number of piperazine rings is 1. The summed E-state index contributed by atoms with van der Waals surface area (Å²) in [5, 5.41) is 4.52. The lowest BCUT2D eigenvalue weighted by molar-refractivity contribution is 0.0696. The molecule has 7 nitrogen and oxygen atoms in total. The Morgan fingerprint density at radius 1 is 0.935 bits per heavy atom. The molecule has 162 valence electrons. The highest BCUT2D eigenvalue weighted by Gasteiger charge is 2.33. The summed E-state index contributed by atoms with van der Waals surface area (Å²) in [6.07, 6.45) is 0. The Kier molecular flexibility index (Phi) is 5.63. The van der Waals surface area contributed by atoms with Crippen molar-refractivity contribution in [2.45, 2.75) is 18.7 Å². The highest BCUT2D eigenvalue weighted by atomic mass is 32.2. The molecule has 31 heavy (non-hydrogen) atoms. The third-order valence-corrected chi connectivity index (χ3v) is 7.42. The summed E-state index contributed by atoms with van der Waals surface area (Å²) in [5.74, 6) is -0.958. The number of halogens is 1. The van der Waals surface area contributed by atoms with E-state index in [9.17, 15) is 17.6 Å². The van der Waals surface area contributed by atoms with Gasteiger partial charge in [-0.15, -0.1) is 0 Å². The number of hydrogen-bond donors (Lipinski definition) is 0. The number of carbonyl (C=O) groups is 1. The van der Waals surface area contributed by atoms with E-state index in [1.807, 2.05) is 37.3 Å². The van der Waals surface area contributed by atoms with Gasteiger partial charge in [0.05, 0.1) is 22.6 Å². The van der Waals surface area contributed by atoms with Gasteiger partial charge in [0.15, 0.2) is 0 Å². The second-order valence-electron chi connectivity index (χ2n) is 7.42. The van der Waals surface area contributed by atoms with Crippen LogP contribution in [0.2, 0.25) is 0 Å². The zero-order valence-electron chi connectivity index (χ0n) is 17.3. The molecule has 2 aromatic carbocycles. The van der Waals surface area contributed by atoms with Crippen LogP contribution in [0.25, 0.3) is 5.69 Å². The number of nitrogens with zero attached hydrogens (tertiary/aromatic N) is 4. The molecule has 2 heterocycles. The first kappa shape index (κ1) is 21.2. The van der Waals surface area contributed by atoms with Gasteiger partial charge in [0.25, 0.3) is 5.91 Å². The smallest absolute Gasteiger partial charge is 0.257 e. The molecular formula is C22H23FN4O3S. The molecule has 1 aliphatic rings. The molecule has 1 aromatic heterocycles. The van der Waals surface area contributed by atoms with Crippen molar-refractivity contribution in [1.29, 1.82) is 0 Å². The number of amides is 1. The first-order chi connectivity index (χ1) is 14.8. The topological polar surface area (TPSA) is 75.5 Å². The molecule has 0 aliphatic carbocycles. The lowest BCUT2D eigenvalue weighted by atomic mass is 10.1. The van der Waals surface area contributed by atoms with Gasteiger partial charge in [-0.25, -0.2) is 17.5 Å². The van der Waals surface area contributed by atoms with Crippen LogP contribution in [-0.2, 0) is 10.0 Å². The van der Waals surface area contributed by atoms with Gasteiger partial charge in [0.1, 0.15) is 10.7 Å². The normalized spacial score (nSPS) is 15.3. The molecule has 0 bridgehead atoms. The monoisotopic (exact) mass is 442 g/mol. The van der Waals surface area contributed by atoms with Gasteiger partial charge >= 0.3 is 0 Å². The summed E-state index contributed by atoms with van der Waals surface area (Å²) in [6.45, 7) is 4.29. The van der Waals surface area contributed by atoms with E-state index in [1.54, 1.807) is 16.5 Å². The Morgan fingerprint density at radius 2 is 1.55 bits per heavy atom. The molecule has 1 fully saturated rings. The predicted octanol–water partition coefficient (Wildman–Crippen LogP) is 2.77. The van der Waals surface area contributed by atoms with Crippen LogP contribution >= 0.6 is 0 Å².